The molecule has 2 amide bonds. The molecule has 0 fully saturated rings. The summed E-state index contributed by atoms with van der Waals surface area (Å²) in [5.74, 6) is -0.817. The molecule has 0 bridgehead atoms. The summed E-state index contributed by atoms with van der Waals surface area (Å²) in [5, 5.41) is 6.43. The van der Waals surface area contributed by atoms with Gasteiger partial charge in [0.05, 0.1) is 29.8 Å². The summed E-state index contributed by atoms with van der Waals surface area (Å²) in [6, 6.07) is 10.5. The van der Waals surface area contributed by atoms with Crippen LogP contribution < -0.4 is 10.6 Å². The molecule has 0 aliphatic carbocycles. The van der Waals surface area contributed by atoms with Gasteiger partial charge >= 0.3 is 0 Å². The molecule has 2 aromatic carbocycles. The number of nitrogens with one attached hydrogen (secondary N) is 2. The van der Waals surface area contributed by atoms with E-state index in [0.717, 1.165) is 12.0 Å². The zero-order chi connectivity index (χ0) is 21.4. The van der Waals surface area contributed by atoms with Gasteiger partial charge in [0.25, 0.3) is 0 Å². The second kappa shape index (κ2) is 11.1. The third-order valence-corrected chi connectivity index (χ3v) is 4.77. The molecule has 0 heterocycles. The van der Waals surface area contributed by atoms with Crippen molar-refractivity contribution in [2.24, 2.45) is 0 Å². The Labute approximate surface area is 180 Å². The Morgan fingerprint density at radius 2 is 1.72 bits per heavy atom. The Balaban J connectivity index is 1.91. The molecule has 0 aliphatic heterocycles. The first-order valence-corrected chi connectivity index (χ1v) is 10.1. The molecule has 0 radical (unpaired) electrons. The number of hydrogen-bond donors (Lipinski definition) is 2. The quantitative estimate of drug-likeness (QED) is 0.596. The lowest BCUT2D eigenvalue weighted by Gasteiger charge is -2.22. The highest BCUT2D eigenvalue weighted by Crippen LogP contribution is 2.25. The van der Waals surface area contributed by atoms with E-state index in [1.165, 1.54) is 12.1 Å². The number of nitrogens with zero attached hydrogens (tertiary/aromatic N) is 1. The van der Waals surface area contributed by atoms with Gasteiger partial charge in [-0.05, 0) is 55.8 Å². The molecule has 1 atom stereocenters. The molecule has 1 unspecified atom stereocenters. The summed E-state index contributed by atoms with van der Waals surface area (Å²) in [6.45, 7) is 4.50. The molecule has 0 aromatic heterocycles. The van der Waals surface area contributed by atoms with Crippen molar-refractivity contribution in [1.82, 2.24) is 10.2 Å². The first-order chi connectivity index (χ1) is 13.8. The molecule has 29 heavy (non-hydrogen) atoms. The number of benzene rings is 2. The van der Waals surface area contributed by atoms with Gasteiger partial charge in [-0.25, -0.2) is 4.39 Å². The summed E-state index contributed by atoms with van der Waals surface area (Å²) in [4.78, 5) is 26.6. The van der Waals surface area contributed by atoms with E-state index in [9.17, 15) is 14.0 Å². The summed E-state index contributed by atoms with van der Waals surface area (Å²) in [6.07, 6.45) is 0.787. The van der Waals surface area contributed by atoms with Crippen LogP contribution in [0.2, 0.25) is 10.0 Å². The third kappa shape index (κ3) is 7.65. The summed E-state index contributed by atoms with van der Waals surface area (Å²) >= 11 is 11.9. The molecule has 0 aliphatic rings. The fraction of sp³-hybridized carbons (Fsp3) is 0.333. The Bertz CT molecular complexity index is 846. The Morgan fingerprint density at radius 1 is 1.07 bits per heavy atom. The van der Waals surface area contributed by atoms with Gasteiger partial charge in [-0.2, -0.15) is 0 Å². The van der Waals surface area contributed by atoms with Crippen LogP contribution in [0.4, 0.5) is 10.1 Å². The predicted octanol–water partition coefficient (Wildman–Crippen LogP) is 4.66. The molecule has 0 spiro atoms. The van der Waals surface area contributed by atoms with Crippen LogP contribution in [0.5, 0.6) is 0 Å². The smallest absolute Gasteiger partial charge is 0.238 e. The molecule has 0 saturated heterocycles. The van der Waals surface area contributed by atoms with Crippen molar-refractivity contribution in [1.29, 1.82) is 0 Å². The Hall–Kier alpha value is -2.15. The molecule has 2 rings (SSSR count). The minimum absolute atomic E-state index is 0.0468. The molecular formula is C21H24Cl2FN3O2. The highest BCUT2D eigenvalue weighted by Gasteiger charge is 2.17. The van der Waals surface area contributed by atoms with Crippen LogP contribution >= 0.6 is 23.2 Å². The van der Waals surface area contributed by atoms with Crippen LogP contribution in [0.15, 0.2) is 42.5 Å². The van der Waals surface area contributed by atoms with Crippen molar-refractivity contribution >= 4 is 40.7 Å². The number of halogens is 3. The van der Waals surface area contributed by atoms with Crippen molar-refractivity contribution in [3.05, 3.63) is 63.9 Å². The minimum atomic E-state index is -0.326. The zero-order valence-electron chi connectivity index (χ0n) is 16.3. The minimum Gasteiger partial charge on any atom is -0.348 e. The average molecular weight is 440 g/mol. The number of carbonyl (C=O) groups is 2. The van der Waals surface area contributed by atoms with E-state index in [-0.39, 0.29) is 36.8 Å². The fourth-order valence-electron chi connectivity index (χ4n) is 2.84. The van der Waals surface area contributed by atoms with Gasteiger partial charge in [-0.1, -0.05) is 42.3 Å². The highest BCUT2D eigenvalue weighted by atomic mass is 35.5. The molecule has 156 valence electrons. The van der Waals surface area contributed by atoms with Crippen LogP contribution in [0, 0.1) is 5.82 Å². The lowest BCUT2D eigenvalue weighted by Crippen LogP contribution is -2.42. The van der Waals surface area contributed by atoms with E-state index in [2.05, 4.69) is 10.6 Å². The first-order valence-electron chi connectivity index (χ1n) is 9.30. The molecular weight excluding hydrogens is 416 g/mol. The Morgan fingerprint density at radius 3 is 2.34 bits per heavy atom. The summed E-state index contributed by atoms with van der Waals surface area (Å²) in [5.41, 5.74) is 1.27. The standard InChI is InChI=1S/C21H24Cl2FN3O2/c1-3-10-27(13-21(29)26-19-9-6-16(22)11-18(19)23)12-20(28)25-14(2)15-4-7-17(24)8-5-15/h4-9,11,14H,3,10,12-13H2,1-2H3,(H,25,28)(H,26,29). The number of rotatable bonds is 9. The van der Waals surface area contributed by atoms with Crippen molar-refractivity contribution in [3.63, 3.8) is 0 Å². The van der Waals surface area contributed by atoms with Gasteiger partial charge in [-0.15, -0.1) is 0 Å². The Kier molecular flexibility index (Phi) is 8.89. The van der Waals surface area contributed by atoms with Crippen LogP contribution in [0.1, 0.15) is 31.9 Å². The van der Waals surface area contributed by atoms with Gasteiger partial charge in [0.2, 0.25) is 11.8 Å². The van der Waals surface area contributed by atoms with Gasteiger partial charge < -0.3 is 10.6 Å². The molecule has 5 nitrogen and oxygen atoms in total. The second-order valence-corrected chi connectivity index (χ2v) is 7.57. The third-order valence-electron chi connectivity index (χ3n) is 4.23. The molecule has 2 N–H and O–H groups in total. The van der Waals surface area contributed by atoms with E-state index in [4.69, 9.17) is 23.2 Å². The van der Waals surface area contributed by atoms with Crippen LogP contribution in [0.25, 0.3) is 0 Å². The fourth-order valence-corrected chi connectivity index (χ4v) is 3.29. The predicted molar refractivity (Wildman–Crippen MR) is 115 cm³/mol. The van der Waals surface area contributed by atoms with Crippen molar-refractivity contribution in [3.8, 4) is 0 Å². The molecule has 2 aromatic rings. The normalized spacial score (nSPS) is 11.9. The number of hydrogen-bond acceptors (Lipinski definition) is 3. The van der Waals surface area contributed by atoms with Crippen molar-refractivity contribution < 1.29 is 14.0 Å². The van der Waals surface area contributed by atoms with Gasteiger partial charge in [0.1, 0.15) is 5.82 Å². The van der Waals surface area contributed by atoms with Gasteiger partial charge in [-0.3, -0.25) is 14.5 Å². The summed E-state index contributed by atoms with van der Waals surface area (Å²) < 4.78 is 13.0. The van der Waals surface area contributed by atoms with Crippen LogP contribution in [0.3, 0.4) is 0 Å². The number of carbonyl (C=O) groups excluding carboxylic acids is 2. The maximum atomic E-state index is 13.0. The second-order valence-electron chi connectivity index (χ2n) is 6.72. The van der Waals surface area contributed by atoms with Crippen LogP contribution in [-0.2, 0) is 9.59 Å². The van der Waals surface area contributed by atoms with Crippen molar-refractivity contribution in [2.75, 3.05) is 25.0 Å². The average Bonchev–Trinajstić information content (AvgIpc) is 2.64. The first kappa shape index (κ1) is 23.1. The lowest BCUT2D eigenvalue weighted by molar-refractivity contribution is -0.124. The summed E-state index contributed by atoms with van der Waals surface area (Å²) in [7, 11) is 0. The SMILES string of the molecule is CCCN(CC(=O)Nc1ccc(Cl)cc1Cl)CC(=O)NC(C)c1ccc(F)cc1. The van der Waals surface area contributed by atoms with E-state index >= 15 is 0 Å². The number of anilines is 1. The van der Waals surface area contributed by atoms with Gasteiger partial charge in [0.15, 0.2) is 0 Å². The molecule has 8 heteroatoms. The zero-order valence-corrected chi connectivity index (χ0v) is 17.9. The topological polar surface area (TPSA) is 61.4 Å². The maximum Gasteiger partial charge on any atom is 0.238 e. The number of amides is 2. The molecule has 0 saturated carbocycles. The van der Waals surface area contributed by atoms with E-state index in [1.807, 2.05) is 13.8 Å². The van der Waals surface area contributed by atoms with Gasteiger partial charge in [0, 0.05) is 5.02 Å². The lowest BCUT2D eigenvalue weighted by atomic mass is 10.1. The van der Waals surface area contributed by atoms with E-state index in [1.54, 1.807) is 35.2 Å². The highest BCUT2D eigenvalue weighted by molar-refractivity contribution is 6.36. The van der Waals surface area contributed by atoms with E-state index in [0.29, 0.717) is 22.3 Å². The monoisotopic (exact) mass is 439 g/mol. The van der Waals surface area contributed by atoms with E-state index < -0.39 is 0 Å². The largest absolute Gasteiger partial charge is 0.348 e. The maximum absolute atomic E-state index is 13.0. The van der Waals surface area contributed by atoms with Crippen molar-refractivity contribution in [2.45, 2.75) is 26.3 Å². The van der Waals surface area contributed by atoms with Crippen LogP contribution in [-0.4, -0.2) is 36.3 Å².